The Hall–Kier alpha value is -0.770. The quantitative estimate of drug-likeness (QED) is 0.430. The highest BCUT2D eigenvalue weighted by molar-refractivity contribution is 5.70. The summed E-state index contributed by atoms with van der Waals surface area (Å²) in [6.45, 7) is 0. The fourth-order valence-electron chi connectivity index (χ4n) is 0.0986. The predicted octanol–water partition coefficient (Wildman–Crippen LogP) is -0.854. The largest absolute Gasteiger partial charge is 0.350 e. The van der Waals surface area contributed by atoms with E-state index in [4.69, 9.17) is 5.73 Å². The van der Waals surface area contributed by atoms with Crippen molar-refractivity contribution in [1.29, 1.82) is 0 Å². The lowest BCUT2D eigenvalue weighted by molar-refractivity contribution is 0.201. The molecule has 0 spiro atoms. The standard InChI is InChI=1S/C3H8N3O/c1-5-6(2)3(4)7/h1-2H3,(H2,4,7). The maximum absolute atomic E-state index is 9.98. The van der Waals surface area contributed by atoms with Gasteiger partial charge in [-0.05, 0) is 0 Å². The van der Waals surface area contributed by atoms with Crippen LogP contribution >= 0.6 is 0 Å². The normalized spacial score (nSPS) is 8.29. The van der Waals surface area contributed by atoms with E-state index in [0.717, 1.165) is 5.01 Å². The smallest absolute Gasteiger partial charge is 0.330 e. The molecule has 0 aliphatic carbocycles. The van der Waals surface area contributed by atoms with E-state index < -0.39 is 6.03 Å². The number of primary amides is 1. The van der Waals surface area contributed by atoms with Crippen molar-refractivity contribution in [3.05, 3.63) is 0 Å². The number of hydrogen-bond donors (Lipinski definition) is 1. The molecule has 0 fully saturated rings. The van der Waals surface area contributed by atoms with Crippen LogP contribution in [0.15, 0.2) is 0 Å². The third-order valence-corrected chi connectivity index (χ3v) is 0.619. The Kier molecular flexibility index (Phi) is 2.15. The summed E-state index contributed by atoms with van der Waals surface area (Å²) in [5, 5.41) is 1.06. The molecule has 0 aromatic rings. The molecule has 0 aliphatic heterocycles. The number of urea groups is 1. The van der Waals surface area contributed by atoms with E-state index in [1.54, 1.807) is 0 Å². The number of nitrogens with zero attached hydrogens (tertiary/aromatic N) is 2. The van der Waals surface area contributed by atoms with Gasteiger partial charge in [0.2, 0.25) is 0 Å². The Morgan fingerprint density at radius 1 is 1.86 bits per heavy atom. The van der Waals surface area contributed by atoms with Crippen LogP contribution in [-0.2, 0) is 0 Å². The van der Waals surface area contributed by atoms with Crippen molar-refractivity contribution in [1.82, 2.24) is 10.4 Å². The van der Waals surface area contributed by atoms with Crippen LogP contribution in [0.5, 0.6) is 0 Å². The number of carbonyl (C=O) groups excluding carboxylic acids is 1. The monoisotopic (exact) mass is 102 g/mol. The summed E-state index contributed by atoms with van der Waals surface area (Å²) in [7, 11) is 2.98. The first kappa shape index (κ1) is 6.23. The van der Waals surface area contributed by atoms with Gasteiger partial charge in [0.15, 0.2) is 0 Å². The molecule has 1 radical (unpaired) electrons. The van der Waals surface area contributed by atoms with Gasteiger partial charge in [-0.15, -0.1) is 5.43 Å². The van der Waals surface area contributed by atoms with Crippen molar-refractivity contribution in [2.75, 3.05) is 14.1 Å². The van der Waals surface area contributed by atoms with E-state index in [2.05, 4.69) is 5.43 Å². The zero-order valence-corrected chi connectivity index (χ0v) is 4.38. The second-order valence-electron chi connectivity index (χ2n) is 1.06. The zero-order valence-electron chi connectivity index (χ0n) is 4.38. The molecule has 0 aromatic carbocycles. The highest BCUT2D eigenvalue weighted by Gasteiger charge is 1.96. The van der Waals surface area contributed by atoms with E-state index in [9.17, 15) is 4.79 Å². The van der Waals surface area contributed by atoms with Gasteiger partial charge >= 0.3 is 6.03 Å². The summed E-state index contributed by atoms with van der Waals surface area (Å²) in [6, 6.07) is -0.539. The van der Waals surface area contributed by atoms with Gasteiger partial charge in [0, 0.05) is 14.1 Å². The van der Waals surface area contributed by atoms with Crippen molar-refractivity contribution in [3.8, 4) is 0 Å². The average Bonchev–Trinajstić information content (AvgIpc) is 1.65. The minimum absolute atomic E-state index is 0.539. The van der Waals surface area contributed by atoms with Crippen LogP contribution in [0.1, 0.15) is 0 Å². The molecule has 4 heteroatoms. The number of amides is 2. The van der Waals surface area contributed by atoms with Crippen LogP contribution in [0.4, 0.5) is 4.79 Å². The van der Waals surface area contributed by atoms with Gasteiger partial charge in [-0.1, -0.05) is 0 Å². The molecular formula is C3H8N3O. The minimum Gasteiger partial charge on any atom is -0.350 e. The van der Waals surface area contributed by atoms with Crippen molar-refractivity contribution < 1.29 is 4.79 Å². The molecule has 41 valence electrons. The van der Waals surface area contributed by atoms with Gasteiger partial charge in [0.1, 0.15) is 0 Å². The SMILES string of the molecule is C[N]N(C)C(N)=O. The first-order valence-corrected chi connectivity index (χ1v) is 1.81. The molecule has 0 bridgehead atoms. The molecule has 0 heterocycles. The van der Waals surface area contributed by atoms with E-state index in [0.29, 0.717) is 0 Å². The molecule has 0 saturated carbocycles. The van der Waals surface area contributed by atoms with E-state index in [1.807, 2.05) is 0 Å². The summed E-state index contributed by atoms with van der Waals surface area (Å²) >= 11 is 0. The Morgan fingerprint density at radius 3 is 2.29 bits per heavy atom. The van der Waals surface area contributed by atoms with Crippen molar-refractivity contribution in [2.24, 2.45) is 5.73 Å². The molecule has 4 nitrogen and oxygen atoms in total. The van der Waals surface area contributed by atoms with Gasteiger partial charge in [-0.3, -0.25) is 0 Å². The van der Waals surface area contributed by atoms with Crippen LogP contribution in [0.2, 0.25) is 0 Å². The summed E-state index contributed by atoms with van der Waals surface area (Å²) < 4.78 is 0. The van der Waals surface area contributed by atoms with Gasteiger partial charge in [-0.25, -0.2) is 9.80 Å². The lowest BCUT2D eigenvalue weighted by Crippen LogP contribution is -2.36. The topological polar surface area (TPSA) is 60.4 Å². The molecule has 0 aromatic heterocycles. The fourth-order valence-corrected chi connectivity index (χ4v) is 0.0986. The molecule has 0 aliphatic rings. The first-order chi connectivity index (χ1) is 3.18. The van der Waals surface area contributed by atoms with Crippen LogP contribution in [0, 0.1) is 0 Å². The summed E-state index contributed by atoms with van der Waals surface area (Å²) in [5.74, 6) is 0. The van der Waals surface area contributed by atoms with Gasteiger partial charge < -0.3 is 5.73 Å². The highest BCUT2D eigenvalue weighted by atomic mass is 16.2. The minimum atomic E-state index is -0.539. The van der Waals surface area contributed by atoms with E-state index in [1.165, 1.54) is 14.1 Å². The molecule has 0 atom stereocenters. The maximum atomic E-state index is 9.98. The summed E-state index contributed by atoms with van der Waals surface area (Å²) in [4.78, 5) is 9.98. The molecule has 7 heavy (non-hydrogen) atoms. The molecule has 2 N–H and O–H groups in total. The van der Waals surface area contributed by atoms with Crippen LogP contribution < -0.4 is 11.2 Å². The van der Waals surface area contributed by atoms with Crippen molar-refractivity contribution in [3.63, 3.8) is 0 Å². The van der Waals surface area contributed by atoms with Gasteiger partial charge in [-0.2, -0.15) is 0 Å². The summed E-state index contributed by atoms with van der Waals surface area (Å²) in [6.07, 6.45) is 0. The van der Waals surface area contributed by atoms with E-state index >= 15 is 0 Å². The van der Waals surface area contributed by atoms with Crippen LogP contribution in [0.3, 0.4) is 0 Å². The first-order valence-electron chi connectivity index (χ1n) is 1.81. The Bertz CT molecular complexity index is 72.6. The molecule has 0 saturated heterocycles. The van der Waals surface area contributed by atoms with E-state index in [-0.39, 0.29) is 0 Å². The molecular weight excluding hydrogens is 94.1 g/mol. The molecule has 2 amide bonds. The number of hydrogen-bond acceptors (Lipinski definition) is 1. The third-order valence-electron chi connectivity index (χ3n) is 0.619. The third kappa shape index (κ3) is 1.99. The number of nitrogens with two attached hydrogens (primary N) is 1. The average molecular weight is 102 g/mol. The number of carbonyl (C=O) groups is 1. The maximum Gasteiger partial charge on any atom is 0.330 e. The second-order valence-corrected chi connectivity index (χ2v) is 1.06. The van der Waals surface area contributed by atoms with Crippen molar-refractivity contribution >= 4 is 6.03 Å². The van der Waals surface area contributed by atoms with Crippen molar-refractivity contribution in [2.45, 2.75) is 0 Å². The lowest BCUT2D eigenvalue weighted by Gasteiger charge is -2.06. The summed E-state index contributed by atoms with van der Waals surface area (Å²) in [5.41, 5.74) is 8.19. The second kappa shape index (κ2) is 2.41. The Labute approximate surface area is 42.3 Å². The Morgan fingerprint density at radius 2 is 2.29 bits per heavy atom. The molecule has 0 unspecified atom stereocenters. The lowest BCUT2D eigenvalue weighted by atomic mass is 11.0. The van der Waals surface area contributed by atoms with Crippen LogP contribution in [-0.4, -0.2) is 25.1 Å². The predicted molar refractivity (Wildman–Crippen MR) is 25.4 cm³/mol. The number of rotatable bonds is 1. The van der Waals surface area contributed by atoms with Gasteiger partial charge in [0.25, 0.3) is 0 Å². The van der Waals surface area contributed by atoms with Crippen LogP contribution in [0.25, 0.3) is 0 Å². The fraction of sp³-hybridized carbons (Fsp3) is 0.667. The Balaban J connectivity index is 3.34. The van der Waals surface area contributed by atoms with Gasteiger partial charge in [0.05, 0.1) is 0 Å². The zero-order chi connectivity index (χ0) is 5.86. The highest BCUT2D eigenvalue weighted by Crippen LogP contribution is 1.68. The molecule has 0 rings (SSSR count).